The molecule has 0 aliphatic rings. The van der Waals surface area contributed by atoms with Crippen molar-refractivity contribution in [2.24, 2.45) is 0 Å². The predicted molar refractivity (Wildman–Crippen MR) is 52.2 cm³/mol. The number of halogens is 2. The van der Waals surface area contributed by atoms with Crippen molar-refractivity contribution in [2.45, 2.75) is 19.4 Å². The van der Waals surface area contributed by atoms with Crippen LogP contribution < -0.4 is 0 Å². The maximum Gasteiger partial charge on any atom is 0.240 e. The number of allylic oxidation sites excluding steroid dienone is 4. The Hall–Kier alpha value is 0.277. The summed E-state index contributed by atoms with van der Waals surface area (Å²) in [6, 6.07) is 0.858. The first-order chi connectivity index (χ1) is 4.77. The smallest absolute Gasteiger partial charge is 0.150 e. The lowest BCUT2D eigenvalue weighted by molar-refractivity contribution is 1.22. The van der Waals surface area contributed by atoms with Gasteiger partial charge in [-0.25, -0.2) is 0 Å². The standard InChI is InChI=1S/C7H12Cl2Si/c1-2-3-4-5-6-7-10(8)9/h3-6,10H,2,7H2,1H3. The van der Waals surface area contributed by atoms with Gasteiger partial charge in [0.15, 0.2) is 0 Å². The third-order valence-electron chi connectivity index (χ3n) is 0.933. The molecular weight excluding hydrogens is 183 g/mol. The summed E-state index contributed by atoms with van der Waals surface area (Å²) in [6.45, 7) is 2.10. The normalized spacial score (nSPS) is 12.4. The summed E-state index contributed by atoms with van der Waals surface area (Å²) >= 11 is 11.2. The zero-order chi connectivity index (χ0) is 7.82. The van der Waals surface area contributed by atoms with Crippen LogP contribution in [0.25, 0.3) is 0 Å². The topological polar surface area (TPSA) is 0 Å². The Balaban J connectivity index is 3.28. The molecule has 0 rings (SSSR count). The van der Waals surface area contributed by atoms with E-state index < -0.39 is 7.42 Å². The van der Waals surface area contributed by atoms with Crippen molar-refractivity contribution in [3.63, 3.8) is 0 Å². The molecule has 0 fully saturated rings. The lowest BCUT2D eigenvalue weighted by Gasteiger charge is -1.86. The number of hydrogen-bond acceptors (Lipinski definition) is 0. The maximum absolute atomic E-state index is 5.62. The Morgan fingerprint density at radius 1 is 1.20 bits per heavy atom. The van der Waals surface area contributed by atoms with Gasteiger partial charge in [-0.3, -0.25) is 0 Å². The molecule has 0 amide bonds. The monoisotopic (exact) mass is 194 g/mol. The Labute approximate surface area is 73.5 Å². The highest BCUT2D eigenvalue weighted by molar-refractivity contribution is 7.33. The Morgan fingerprint density at radius 3 is 2.30 bits per heavy atom. The first-order valence-electron chi connectivity index (χ1n) is 3.37. The van der Waals surface area contributed by atoms with Gasteiger partial charge in [0.2, 0.25) is 7.42 Å². The average Bonchev–Trinajstić information content (AvgIpc) is 1.87. The van der Waals surface area contributed by atoms with Crippen molar-refractivity contribution < 1.29 is 0 Å². The van der Waals surface area contributed by atoms with Gasteiger partial charge in [-0.1, -0.05) is 31.2 Å². The molecule has 0 radical (unpaired) electrons. The highest BCUT2D eigenvalue weighted by Crippen LogP contribution is 2.03. The molecule has 0 nitrogen and oxygen atoms in total. The summed E-state index contributed by atoms with van der Waals surface area (Å²) < 4.78 is 0. The second kappa shape index (κ2) is 7.38. The quantitative estimate of drug-likeness (QED) is 0.367. The van der Waals surface area contributed by atoms with Crippen LogP contribution in [-0.4, -0.2) is 7.42 Å². The largest absolute Gasteiger partial charge is 0.240 e. The van der Waals surface area contributed by atoms with Crippen LogP contribution in [0.15, 0.2) is 24.3 Å². The van der Waals surface area contributed by atoms with Crippen LogP contribution in [0, 0.1) is 0 Å². The molecule has 0 heterocycles. The molecule has 10 heavy (non-hydrogen) atoms. The molecule has 58 valence electrons. The van der Waals surface area contributed by atoms with E-state index in [9.17, 15) is 0 Å². The molecule has 0 aliphatic heterocycles. The van der Waals surface area contributed by atoms with Gasteiger partial charge < -0.3 is 0 Å². The van der Waals surface area contributed by atoms with Crippen LogP contribution in [0.3, 0.4) is 0 Å². The first-order valence-corrected chi connectivity index (χ1v) is 7.68. The average molecular weight is 195 g/mol. The van der Waals surface area contributed by atoms with Crippen molar-refractivity contribution in [2.75, 3.05) is 0 Å². The number of hydrogen-bond donors (Lipinski definition) is 0. The van der Waals surface area contributed by atoms with Crippen LogP contribution in [0.5, 0.6) is 0 Å². The van der Waals surface area contributed by atoms with Crippen molar-refractivity contribution in [3.05, 3.63) is 24.3 Å². The summed E-state index contributed by atoms with van der Waals surface area (Å²) in [5.74, 6) is 0. The van der Waals surface area contributed by atoms with E-state index in [1.54, 1.807) is 0 Å². The van der Waals surface area contributed by atoms with Gasteiger partial charge in [0.1, 0.15) is 0 Å². The molecule has 0 aromatic heterocycles. The molecule has 0 saturated carbocycles. The maximum atomic E-state index is 5.62. The van der Waals surface area contributed by atoms with Crippen molar-refractivity contribution >= 4 is 29.6 Å². The molecule has 0 N–H and O–H groups in total. The summed E-state index contributed by atoms with van der Waals surface area (Å²) in [7, 11) is -1.40. The van der Waals surface area contributed by atoms with Crippen molar-refractivity contribution in [3.8, 4) is 0 Å². The minimum Gasteiger partial charge on any atom is -0.150 e. The Morgan fingerprint density at radius 2 is 1.80 bits per heavy atom. The summed E-state index contributed by atoms with van der Waals surface area (Å²) in [4.78, 5) is 0. The molecule has 0 aliphatic carbocycles. The summed E-state index contributed by atoms with van der Waals surface area (Å²) in [5, 5.41) is 0. The molecule has 0 unspecified atom stereocenters. The van der Waals surface area contributed by atoms with Gasteiger partial charge in [-0.2, -0.15) is 22.2 Å². The van der Waals surface area contributed by atoms with Gasteiger partial charge in [0.05, 0.1) is 0 Å². The van der Waals surface area contributed by atoms with E-state index in [1.807, 2.05) is 18.2 Å². The zero-order valence-electron chi connectivity index (χ0n) is 6.06. The highest BCUT2D eigenvalue weighted by atomic mass is 35.7. The highest BCUT2D eigenvalue weighted by Gasteiger charge is 1.94. The van der Waals surface area contributed by atoms with Gasteiger partial charge in [-0.05, 0) is 12.5 Å². The van der Waals surface area contributed by atoms with Crippen molar-refractivity contribution in [1.29, 1.82) is 0 Å². The van der Waals surface area contributed by atoms with E-state index >= 15 is 0 Å². The zero-order valence-corrected chi connectivity index (χ0v) is 8.72. The molecule has 3 heteroatoms. The van der Waals surface area contributed by atoms with E-state index in [0.717, 1.165) is 12.5 Å². The lowest BCUT2D eigenvalue weighted by Crippen LogP contribution is -1.85. The fraction of sp³-hybridized carbons (Fsp3) is 0.429. The molecule has 0 atom stereocenters. The SMILES string of the molecule is CCC=CC=CC[SiH](Cl)Cl. The third-order valence-corrected chi connectivity index (χ3v) is 2.63. The minimum absolute atomic E-state index is 0.858. The minimum atomic E-state index is -1.40. The second-order valence-corrected chi connectivity index (χ2v) is 6.98. The number of rotatable bonds is 4. The fourth-order valence-electron chi connectivity index (χ4n) is 0.475. The van der Waals surface area contributed by atoms with Crippen LogP contribution in [0.4, 0.5) is 0 Å². The van der Waals surface area contributed by atoms with E-state index in [4.69, 9.17) is 22.2 Å². The van der Waals surface area contributed by atoms with Gasteiger partial charge in [0, 0.05) is 0 Å². The van der Waals surface area contributed by atoms with Gasteiger partial charge in [0.25, 0.3) is 0 Å². The second-order valence-electron chi connectivity index (χ2n) is 1.89. The van der Waals surface area contributed by atoms with Crippen LogP contribution in [0.2, 0.25) is 6.04 Å². The van der Waals surface area contributed by atoms with E-state index in [1.165, 1.54) is 0 Å². The van der Waals surface area contributed by atoms with E-state index in [0.29, 0.717) is 0 Å². The summed E-state index contributed by atoms with van der Waals surface area (Å²) in [6.07, 6.45) is 9.20. The lowest BCUT2D eigenvalue weighted by atomic mass is 10.4. The summed E-state index contributed by atoms with van der Waals surface area (Å²) in [5.41, 5.74) is 0. The van der Waals surface area contributed by atoms with Crippen molar-refractivity contribution in [1.82, 2.24) is 0 Å². The van der Waals surface area contributed by atoms with Crippen LogP contribution in [-0.2, 0) is 0 Å². The molecule has 0 aromatic carbocycles. The molecule has 0 spiro atoms. The van der Waals surface area contributed by atoms with Gasteiger partial charge in [-0.15, -0.1) is 0 Å². The van der Waals surface area contributed by atoms with Crippen LogP contribution in [0.1, 0.15) is 13.3 Å². The van der Waals surface area contributed by atoms with Crippen LogP contribution >= 0.6 is 22.2 Å². The van der Waals surface area contributed by atoms with Gasteiger partial charge >= 0.3 is 0 Å². The predicted octanol–water partition coefficient (Wildman–Crippen LogP) is 3.21. The molecule has 0 aromatic rings. The fourth-order valence-corrected chi connectivity index (χ4v) is 1.45. The Kier molecular flexibility index (Phi) is 7.59. The molecule has 0 saturated heterocycles. The molecule has 0 bridgehead atoms. The third kappa shape index (κ3) is 8.28. The van der Waals surface area contributed by atoms with E-state index in [2.05, 4.69) is 13.0 Å². The molecular formula is C7H12Cl2Si. The first kappa shape index (κ1) is 10.3. The van der Waals surface area contributed by atoms with E-state index in [-0.39, 0.29) is 0 Å². The Bertz CT molecular complexity index is 119.